The molecule has 1 aliphatic rings. The standard InChI is InChI=1S/C15H20N2O3/c1-15(19)6-7-17(11-15)9-13(18)10-20-14-5-3-2-4-12(14)8-16/h2-5,13,18-19H,6-7,9-11H2,1H3. The highest BCUT2D eigenvalue weighted by atomic mass is 16.5. The largest absolute Gasteiger partial charge is 0.489 e. The van der Waals surface area contributed by atoms with Gasteiger partial charge in [0, 0.05) is 19.6 Å². The molecule has 0 saturated carbocycles. The lowest BCUT2D eigenvalue weighted by Gasteiger charge is -2.21. The van der Waals surface area contributed by atoms with E-state index >= 15 is 0 Å². The Hall–Kier alpha value is -1.61. The van der Waals surface area contributed by atoms with Crippen molar-refractivity contribution >= 4 is 0 Å². The number of para-hydroxylation sites is 1. The van der Waals surface area contributed by atoms with E-state index in [1.165, 1.54) is 0 Å². The molecule has 1 fully saturated rings. The molecule has 0 radical (unpaired) electrons. The van der Waals surface area contributed by atoms with Crippen molar-refractivity contribution in [1.82, 2.24) is 4.90 Å². The van der Waals surface area contributed by atoms with Crippen molar-refractivity contribution in [3.63, 3.8) is 0 Å². The summed E-state index contributed by atoms with van der Waals surface area (Å²) in [5.41, 5.74) is -0.197. The number of rotatable bonds is 5. The second kappa shape index (κ2) is 6.23. The van der Waals surface area contributed by atoms with Gasteiger partial charge in [-0.2, -0.15) is 5.26 Å². The molecular weight excluding hydrogens is 256 g/mol. The first-order valence-electron chi connectivity index (χ1n) is 6.75. The minimum atomic E-state index is -0.659. The summed E-state index contributed by atoms with van der Waals surface area (Å²) < 4.78 is 5.49. The summed E-state index contributed by atoms with van der Waals surface area (Å²) in [5, 5.41) is 28.8. The minimum absolute atomic E-state index is 0.136. The summed E-state index contributed by atoms with van der Waals surface area (Å²) in [5.74, 6) is 0.488. The molecular formula is C15H20N2O3. The highest BCUT2D eigenvalue weighted by Gasteiger charge is 2.32. The summed E-state index contributed by atoms with van der Waals surface area (Å²) in [6.45, 7) is 3.75. The second-order valence-electron chi connectivity index (χ2n) is 5.55. The van der Waals surface area contributed by atoms with Crippen LogP contribution in [0.4, 0.5) is 0 Å². The Balaban J connectivity index is 1.81. The highest BCUT2D eigenvalue weighted by molar-refractivity contribution is 5.42. The molecule has 1 heterocycles. The van der Waals surface area contributed by atoms with Crippen LogP contribution >= 0.6 is 0 Å². The van der Waals surface area contributed by atoms with Crippen LogP contribution in [0.25, 0.3) is 0 Å². The molecule has 0 bridgehead atoms. The third-order valence-corrected chi connectivity index (χ3v) is 3.44. The molecule has 20 heavy (non-hydrogen) atoms. The van der Waals surface area contributed by atoms with Crippen molar-refractivity contribution < 1.29 is 14.9 Å². The second-order valence-corrected chi connectivity index (χ2v) is 5.55. The third kappa shape index (κ3) is 3.94. The Labute approximate surface area is 119 Å². The van der Waals surface area contributed by atoms with Crippen molar-refractivity contribution in [1.29, 1.82) is 5.26 Å². The summed E-state index contributed by atoms with van der Waals surface area (Å²) >= 11 is 0. The van der Waals surface area contributed by atoms with Gasteiger partial charge in [-0.15, -0.1) is 0 Å². The van der Waals surface area contributed by atoms with Crippen molar-refractivity contribution in [3.05, 3.63) is 29.8 Å². The fourth-order valence-electron chi connectivity index (χ4n) is 2.42. The van der Waals surface area contributed by atoms with Gasteiger partial charge in [0.1, 0.15) is 24.5 Å². The predicted octanol–water partition coefficient (Wildman–Crippen LogP) is 0.755. The van der Waals surface area contributed by atoms with Crippen molar-refractivity contribution in [2.75, 3.05) is 26.2 Å². The molecule has 0 spiro atoms. The van der Waals surface area contributed by atoms with E-state index in [1.54, 1.807) is 31.2 Å². The fourth-order valence-corrected chi connectivity index (χ4v) is 2.42. The Morgan fingerprint density at radius 3 is 2.90 bits per heavy atom. The van der Waals surface area contributed by atoms with Crippen LogP contribution in [0, 0.1) is 11.3 Å². The molecule has 2 atom stereocenters. The normalized spacial score (nSPS) is 24.3. The number of aliphatic hydroxyl groups excluding tert-OH is 1. The van der Waals surface area contributed by atoms with Gasteiger partial charge in [0.15, 0.2) is 0 Å². The quantitative estimate of drug-likeness (QED) is 0.830. The average Bonchev–Trinajstić information content (AvgIpc) is 2.76. The summed E-state index contributed by atoms with van der Waals surface area (Å²) in [7, 11) is 0. The minimum Gasteiger partial charge on any atom is -0.489 e. The molecule has 1 aromatic carbocycles. The van der Waals surface area contributed by atoms with Gasteiger partial charge in [-0.3, -0.25) is 4.90 Å². The Bertz CT molecular complexity index is 496. The number of hydrogen-bond donors (Lipinski definition) is 2. The zero-order valence-corrected chi connectivity index (χ0v) is 11.6. The molecule has 0 amide bonds. The van der Waals surface area contributed by atoms with Crippen LogP contribution in [0.1, 0.15) is 18.9 Å². The first-order chi connectivity index (χ1) is 9.50. The average molecular weight is 276 g/mol. The van der Waals surface area contributed by atoms with Crippen LogP contribution in [-0.2, 0) is 0 Å². The lowest BCUT2D eigenvalue weighted by Crippen LogP contribution is -2.37. The Morgan fingerprint density at radius 1 is 1.50 bits per heavy atom. The highest BCUT2D eigenvalue weighted by Crippen LogP contribution is 2.20. The molecule has 2 N–H and O–H groups in total. The number of hydrogen-bond acceptors (Lipinski definition) is 5. The molecule has 2 rings (SSSR count). The summed E-state index contributed by atoms with van der Waals surface area (Å²) in [4.78, 5) is 2.02. The topological polar surface area (TPSA) is 76.7 Å². The van der Waals surface area contributed by atoms with Gasteiger partial charge in [-0.25, -0.2) is 0 Å². The predicted molar refractivity (Wildman–Crippen MR) is 74.3 cm³/mol. The zero-order chi connectivity index (χ0) is 14.6. The number of ether oxygens (including phenoxy) is 1. The maximum absolute atomic E-state index is 9.97. The molecule has 5 heteroatoms. The van der Waals surface area contributed by atoms with Crippen molar-refractivity contribution in [2.24, 2.45) is 0 Å². The van der Waals surface area contributed by atoms with E-state index in [-0.39, 0.29) is 6.61 Å². The van der Waals surface area contributed by atoms with E-state index in [1.807, 2.05) is 4.90 Å². The van der Waals surface area contributed by atoms with Crippen molar-refractivity contribution in [2.45, 2.75) is 25.0 Å². The maximum atomic E-state index is 9.97. The molecule has 0 aliphatic carbocycles. The van der Waals surface area contributed by atoms with E-state index in [4.69, 9.17) is 10.00 Å². The number of nitrogens with zero attached hydrogens (tertiary/aromatic N) is 2. The lowest BCUT2D eigenvalue weighted by molar-refractivity contribution is 0.0467. The van der Waals surface area contributed by atoms with Crippen LogP contribution in [0.15, 0.2) is 24.3 Å². The fraction of sp³-hybridized carbons (Fsp3) is 0.533. The van der Waals surface area contributed by atoms with Gasteiger partial charge in [-0.05, 0) is 25.5 Å². The van der Waals surface area contributed by atoms with Crippen LogP contribution in [0.5, 0.6) is 5.75 Å². The number of nitriles is 1. The molecule has 1 saturated heterocycles. The van der Waals surface area contributed by atoms with Gasteiger partial charge in [0.25, 0.3) is 0 Å². The van der Waals surface area contributed by atoms with Gasteiger partial charge >= 0.3 is 0 Å². The first-order valence-corrected chi connectivity index (χ1v) is 6.75. The molecule has 1 aromatic rings. The third-order valence-electron chi connectivity index (χ3n) is 3.44. The number of likely N-dealkylation sites (tertiary alicyclic amines) is 1. The molecule has 0 aromatic heterocycles. The van der Waals surface area contributed by atoms with E-state index in [0.717, 1.165) is 13.0 Å². The van der Waals surface area contributed by atoms with Gasteiger partial charge < -0.3 is 14.9 Å². The molecule has 1 aliphatic heterocycles. The van der Waals surface area contributed by atoms with Gasteiger partial charge in [-0.1, -0.05) is 12.1 Å². The van der Waals surface area contributed by atoms with Crippen LogP contribution < -0.4 is 4.74 Å². The molecule has 5 nitrogen and oxygen atoms in total. The van der Waals surface area contributed by atoms with E-state index in [9.17, 15) is 10.2 Å². The van der Waals surface area contributed by atoms with E-state index < -0.39 is 11.7 Å². The lowest BCUT2D eigenvalue weighted by atomic mass is 10.1. The molecule has 2 unspecified atom stereocenters. The van der Waals surface area contributed by atoms with Gasteiger partial charge in [0.2, 0.25) is 0 Å². The van der Waals surface area contributed by atoms with E-state index in [0.29, 0.717) is 24.4 Å². The van der Waals surface area contributed by atoms with Crippen molar-refractivity contribution in [3.8, 4) is 11.8 Å². The summed E-state index contributed by atoms with van der Waals surface area (Å²) in [6.07, 6.45) is 0.0772. The van der Waals surface area contributed by atoms with Gasteiger partial charge in [0.05, 0.1) is 11.2 Å². The van der Waals surface area contributed by atoms with E-state index in [2.05, 4.69) is 6.07 Å². The smallest absolute Gasteiger partial charge is 0.137 e. The molecule has 108 valence electrons. The number of aliphatic hydroxyl groups is 2. The number of benzene rings is 1. The first kappa shape index (κ1) is 14.8. The van der Waals surface area contributed by atoms with Crippen LogP contribution in [0.3, 0.4) is 0 Å². The zero-order valence-electron chi connectivity index (χ0n) is 11.6. The van der Waals surface area contributed by atoms with Crippen LogP contribution in [-0.4, -0.2) is 53.1 Å². The SMILES string of the molecule is CC1(O)CCN(CC(O)COc2ccccc2C#N)C1. The monoisotopic (exact) mass is 276 g/mol. The Kier molecular flexibility index (Phi) is 4.61. The Morgan fingerprint density at radius 2 is 2.25 bits per heavy atom. The van der Waals surface area contributed by atoms with Crippen LogP contribution in [0.2, 0.25) is 0 Å². The maximum Gasteiger partial charge on any atom is 0.137 e. The summed E-state index contributed by atoms with van der Waals surface area (Å²) in [6, 6.07) is 9.01. The number of β-amino-alcohol motifs (C(OH)–C–C–N with tert-alkyl or cyclic N) is 2.